The van der Waals surface area contributed by atoms with Crippen LogP contribution in [0.3, 0.4) is 0 Å². The average molecular weight is 157 g/mol. The molecule has 0 atom stereocenters. The molecule has 0 saturated carbocycles. The highest BCUT2D eigenvalue weighted by Gasteiger charge is 2.06. The molecule has 2 aromatic rings. The second-order valence-corrected chi connectivity index (χ2v) is 2.54. The van der Waals surface area contributed by atoms with Gasteiger partial charge in [-0.2, -0.15) is 0 Å². The Hall–Kier alpha value is -0.890. The van der Waals surface area contributed by atoms with Gasteiger partial charge in [-0.3, -0.25) is 0 Å². The van der Waals surface area contributed by atoms with Crippen LogP contribution < -0.4 is 0 Å². The van der Waals surface area contributed by atoms with Gasteiger partial charge in [0.1, 0.15) is 0 Å². The first-order valence-electron chi connectivity index (χ1n) is 2.90. The maximum absolute atomic E-state index is 5.57. The topological polar surface area (TPSA) is 26.3 Å². The van der Waals surface area contributed by atoms with Gasteiger partial charge in [-0.1, -0.05) is 0 Å². The Bertz CT molecular complexity index is 358. The lowest BCUT2D eigenvalue weighted by molar-refractivity contribution is 0.609. The van der Waals surface area contributed by atoms with Crippen LogP contribution in [0.5, 0.6) is 0 Å². The number of hydrogen-bond donors (Lipinski definition) is 0. The first-order chi connectivity index (χ1) is 4.77. The Morgan fingerprint density at radius 2 is 2.30 bits per heavy atom. The van der Waals surface area contributed by atoms with Crippen LogP contribution in [-0.2, 0) is 0 Å². The fourth-order valence-corrected chi connectivity index (χ4v) is 1.09. The van der Waals surface area contributed by atoms with Gasteiger partial charge < -0.3 is 8.83 Å². The summed E-state index contributed by atoms with van der Waals surface area (Å²) in [6.07, 6.45) is 1.64. The third-order valence-electron chi connectivity index (χ3n) is 1.39. The predicted molar refractivity (Wildman–Crippen MR) is 38.2 cm³/mol. The summed E-state index contributed by atoms with van der Waals surface area (Å²) < 4.78 is 10.2. The zero-order valence-corrected chi connectivity index (χ0v) is 6.11. The summed E-state index contributed by atoms with van der Waals surface area (Å²) in [5, 5.41) is 0.373. The molecule has 0 aromatic carbocycles. The zero-order valence-electron chi connectivity index (χ0n) is 5.35. The summed E-state index contributed by atoms with van der Waals surface area (Å²) in [5.41, 5.74) is 2.43. The molecule has 3 heteroatoms. The highest BCUT2D eigenvalue weighted by atomic mass is 35.5. The van der Waals surface area contributed by atoms with E-state index >= 15 is 0 Å². The molecule has 2 nitrogen and oxygen atoms in total. The van der Waals surface area contributed by atoms with E-state index in [4.69, 9.17) is 20.4 Å². The van der Waals surface area contributed by atoms with E-state index in [0.717, 1.165) is 11.1 Å². The lowest BCUT2D eigenvalue weighted by atomic mass is 10.3. The number of fused-ring (bicyclic) bond motifs is 1. The molecule has 0 aliphatic rings. The molecule has 0 saturated heterocycles. The Morgan fingerprint density at radius 1 is 1.50 bits per heavy atom. The number of furan rings is 2. The van der Waals surface area contributed by atoms with Crippen molar-refractivity contribution in [2.45, 2.75) is 6.92 Å². The third kappa shape index (κ3) is 0.656. The molecule has 0 amide bonds. The molecule has 0 fully saturated rings. The van der Waals surface area contributed by atoms with Crippen molar-refractivity contribution < 1.29 is 8.83 Å². The van der Waals surface area contributed by atoms with Gasteiger partial charge in [-0.25, -0.2) is 0 Å². The van der Waals surface area contributed by atoms with Gasteiger partial charge in [0.2, 0.25) is 0 Å². The monoisotopic (exact) mass is 156 g/mol. The SMILES string of the molecule is Cc1coc2cc(Cl)oc12. The molecule has 0 radical (unpaired) electrons. The normalized spacial score (nSPS) is 11.0. The molecule has 10 heavy (non-hydrogen) atoms. The van der Waals surface area contributed by atoms with Gasteiger partial charge in [0.25, 0.3) is 0 Å². The minimum atomic E-state index is 0.373. The molecule has 2 aromatic heterocycles. The van der Waals surface area contributed by atoms with Crippen LogP contribution >= 0.6 is 11.6 Å². The lowest BCUT2D eigenvalue weighted by Crippen LogP contribution is -1.56. The molecule has 2 heterocycles. The van der Waals surface area contributed by atoms with Crippen molar-refractivity contribution in [3.05, 3.63) is 23.1 Å². The summed E-state index contributed by atoms with van der Waals surface area (Å²) in [6, 6.07) is 1.66. The fourth-order valence-electron chi connectivity index (χ4n) is 0.914. The van der Waals surface area contributed by atoms with Gasteiger partial charge in [0.05, 0.1) is 6.26 Å². The minimum absolute atomic E-state index is 0.373. The molecule has 0 bridgehead atoms. The van der Waals surface area contributed by atoms with Crippen LogP contribution in [0.4, 0.5) is 0 Å². The van der Waals surface area contributed by atoms with Crippen LogP contribution in [0.15, 0.2) is 21.2 Å². The second-order valence-electron chi connectivity index (χ2n) is 2.16. The first kappa shape index (κ1) is 5.86. The van der Waals surface area contributed by atoms with Crippen LogP contribution in [0, 0.1) is 6.92 Å². The molecule has 0 aliphatic heterocycles. The molecule has 0 spiro atoms. The van der Waals surface area contributed by atoms with Gasteiger partial charge in [-0.15, -0.1) is 0 Å². The highest BCUT2D eigenvalue weighted by Crippen LogP contribution is 2.26. The molecule has 52 valence electrons. The summed E-state index contributed by atoms with van der Waals surface area (Å²) in [6.45, 7) is 1.91. The van der Waals surface area contributed by atoms with Gasteiger partial charge in [0, 0.05) is 11.6 Å². The van der Waals surface area contributed by atoms with Crippen molar-refractivity contribution in [3.8, 4) is 0 Å². The van der Waals surface area contributed by atoms with Crippen LogP contribution in [0.2, 0.25) is 5.22 Å². The highest BCUT2D eigenvalue weighted by molar-refractivity contribution is 6.29. The number of halogens is 1. The lowest BCUT2D eigenvalue weighted by Gasteiger charge is -1.76. The molecule has 0 N–H and O–H groups in total. The van der Waals surface area contributed by atoms with E-state index in [1.807, 2.05) is 6.92 Å². The summed E-state index contributed by atoms with van der Waals surface area (Å²) in [4.78, 5) is 0. The average Bonchev–Trinajstić information content (AvgIpc) is 2.35. The van der Waals surface area contributed by atoms with E-state index in [1.54, 1.807) is 12.3 Å². The Labute approximate surface area is 62.4 Å². The van der Waals surface area contributed by atoms with Gasteiger partial charge in [-0.05, 0) is 18.5 Å². The summed E-state index contributed by atoms with van der Waals surface area (Å²) >= 11 is 5.57. The van der Waals surface area contributed by atoms with E-state index in [-0.39, 0.29) is 0 Å². The van der Waals surface area contributed by atoms with Gasteiger partial charge >= 0.3 is 0 Å². The van der Waals surface area contributed by atoms with Crippen LogP contribution in [-0.4, -0.2) is 0 Å². The molecular formula is C7H5ClO2. The largest absolute Gasteiger partial charge is 0.460 e. The molecule has 2 rings (SSSR count). The Morgan fingerprint density at radius 3 is 3.00 bits per heavy atom. The van der Waals surface area contributed by atoms with E-state index in [9.17, 15) is 0 Å². The van der Waals surface area contributed by atoms with Crippen molar-refractivity contribution in [1.29, 1.82) is 0 Å². The van der Waals surface area contributed by atoms with Crippen molar-refractivity contribution in [3.63, 3.8) is 0 Å². The van der Waals surface area contributed by atoms with Gasteiger partial charge in [0.15, 0.2) is 16.4 Å². The third-order valence-corrected chi connectivity index (χ3v) is 1.58. The Balaban J connectivity index is 2.90. The maximum atomic E-state index is 5.57. The maximum Gasteiger partial charge on any atom is 0.197 e. The molecular weight excluding hydrogens is 152 g/mol. The van der Waals surface area contributed by atoms with E-state index < -0.39 is 0 Å². The van der Waals surface area contributed by atoms with Crippen LogP contribution in [0.25, 0.3) is 11.2 Å². The fraction of sp³-hybridized carbons (Fsp3) is 0.143. The van der Waals surface area contributed by atoms with Crippen LogP contribution in [0.1, 0.15) is 5.56 Å². The predicted octanol–water partition coefficient (Wildman–Crippen LogP) is 2.99. The van der Waals surface area contributed by atoms with Crippen molar-refractivity contribution >= 4 is 22.8 Å². The van der Waals surface area contributed by atoms with Crippen molar-refractivity contribution in [2.75, 3.05) is 0 Å². The summed E-state index contributed by atoms with van der Waals surface area (Å²) in [7, 11) is 0. The minimum Gasteiger partial charge on any atom is -0.460 e. The zero-order chi connectivity index (χ0) is 7.14. The second kappa shape index (κ2) is 1.80. The number of rotatable bonds is 0. The Kier molecular flexibility index (Phi) is 1.05. The first-order valence-corrected chi connectivity index (χ1v) is 3.28. The van der Waals surface area contributed by atoms with E-state index in [1.165, 1.54) is 0 Å². The molecule has 0 unspecified atom stereocenters. The number of aryl methyl sites for hydroxylation is 1. The smallest absolute Gasteiger partial charge is 0.197 e. The molecule has 0 aliphatic carbocycles. The van der Waals surface area contributed by atoms with Crippen molar-refractivity contribution in [1.82, 2.24) is 0 Å². The van der Waals surface area contributed by atoms with E-state index in [0.29, 0.717) is 10.8 Å². The number of hydrogen-bond acceptors (Lipinski definition) is 2. The standard InChI is InChI=1S/C7H5ClO2/c1-4-3-9-5-2-6(8)10-7(4)5/h2-3H,1H3. The van der Waals surface area contributed by atoms with Crippen molar-refractivity contribution in [2.24, 2.45) is 0 Å². The summed E-state index contributed by atoms with van der Waals surface area (Å²) in [5.74, 6) is 0. The van der Waals surface area contributed by atoms with E-state index in [2.05, 4.69) is 0 Å². The quantitative estimate of drug-likeness (QED) is 0.586.